The van der Waals surface area contributed by atoms with Crippen molar-refractivity contribution in [1.29, 1.82) is 0 Å². The fourth-order valence-electron chi connectivity index (χ4n) is 0.337. The van der Waals surface area contributed by atoms with Crippen LogP contribution in [-0.2, 0) is 9.78 Å². The van der Waals surface area contributed by atoms with Gasteiger partial charge in [0.05, 0.1) is 5.60 Å². The van der Waals surface area contributed by atoms with Crippen LogP contribution in [0.15, 0.2) is 0 Å². The number of nitrogens with one attached hydrogen (secondary N) is 2. The Kier molecular flexibility index (Phi) is 4.28. The van der Waals surface area contributed by atoms with Crippen LogP contribution in [0.1, 0.15) is 41.5 Å². The number of hydrogen-bond acceptors (Lipinski definition) is 4. The van der Waals surface area contributed by atoms with Gasteiger partial charge in [0.15, 0.2) is 0 Å². The van der Waals surface area contributed by atoms with Crippen LogP contribution in [0.4, 0.5) is 0 Å². The van der Waals surface area contributed by atoms with Crippen molar-refractivity contribution >= 4 is 0 Å². The van der Waals surface area contributed by atoms with E-state index in [9.17, 15) is 5.21 Å². The molecule has 0 aromatic carbocycles. The molecule has 1 unspecified atom stereocenters. The largest absolute Gasteiger partial charge is 0.598 e. The molecule has 0 aliphatic heterocycles. The van der Waals surface area contributed by atoms with E-state index in [0.717, 1.165) is 0 Å². The second-order valence-corrected chi connectivity index (χ2v) is 4.94. The molecule has 0 bridgehead atoms. The molecular weight excluding hydrogens is 172 g/mol. The first-order valence-corrected chi connectivity index (χ1v) is 4.27. The van der Waals surface area contributed by atoms with Crippen molar-refractivity contribution in [3.8, 4) is 0 Å². The van der Waals surface area contributed by atoms with E-state index in [4.69, 9.17) is 4.84 Å². The summed E-state index contributed by atoms with van der Waals surface area (Å²) in [4.78, 5) is 9.67. The van der Waals surface area contributed by atoms with Crippen LogP contribution in [0, 0.1) is 5.21 Å². The minimum atomic E-state index is -0.520. The van der Waals surface area contributed by atoms with Crippen LogP contribution in [0.3, 0.4) is 0 Å². The van der Waals surface area contributed by atoms with E-state index in [1.807, 2.05) is 20.8 Å². The summed E-state index contributed by atoms with van der Waals surface area (Å²) >= 11 is 0. The number of quaternary nitrogens is 1. The average molecular weight is 192 g/mol. The molecular formula is C8H20N2O3. The first-order valence-electron chi connectivity index (χ1n) is 4.27. The maximum Gasteiger partial charge on any atom is 0.120 e. The van der Waals surface area contributed by atoms with Gasteiger partial charge in [-0.1, -0.05) is 4.94 Å². The van der Waals surface area contributed by atoms with Crippen molar-refractivity contribution in [3.63, 3.8) is 0 Å². The lowest BCUT2D eigenvalue weighted by Crippen LogP contribution is -3.14. The maximum atomic E-state index is 11.2. The number of hydroxylamine groups is 2. The lowest BCUT2D eigenvalue weighted by Gasteiger charge is -2.31. The molecule has 5 nitrogen and oxygen atoms in total. The highest BCUT2D eigenvalue weighted by atomic mass is 17.1. The van der Waals surface area contributed by atoms with Gasteiger partial charge in [0.25, 0.3) is 0 Å². The molecule has 1 atom stereocenters. The first kappa shape index (κ1) is 12.8. The average Bonchev–Trinajstić information content (AvgIpc) is 1.82. The Labute approximate surface area is 79.4 Å². The second kappa shape index (κ2) is 4.34. The Bertz CT molecular complexity index is 148. The summed E-state index contributed by atoms with van der Waals surface area (Å²) in [7, 11) is 0. The number of hydrogen-bond donors (Lipinski definition) is 2. The van der Waals surface area contributed by atoms with Gasteiger partial charge in [-0.2, -0.15) is 5.23 Å². The summed E-state index contributed by atoms with van der Waals surface area (Å²) < 4.78 is 0. The Morgan fingerprint density at radius 3 is 1.85 bits per heavy atom. The van der Waals surface area contributed by atoms with Crippen molar-refractivity contribution in [2.45, 2.75) is 52.7 Å². The zero-order valence-corrected chi connectivity index (χ0v) is 9.22. The van der Waals surface area contributed by atoms with E-state index in [1.54, 1.807) is 20.8 Å². The molecule has 0 spiro atoms. The molecule has 0 aliphatic rings. The van der Waals surface area contributed by atoms with Crippen LogP contribution in [0.25, 0.3) is 0 Å². The number of rotatable bonds is 3. The predicted octanol–water partition coefficient (Wildman–Crippen LogP) is 0.334. The lowest BCUT2D eigenvalue weighted by atomic mass is 10.1. The predicted molar refractivity (Wildman–Crippen MR) is 49.1 cm³/mol. The fourth-order valence-corrected chi connectivity index (χ4v) is 0.337. The van der Waals surface area contributed by atoms with Crippen LogP contribution < -0.4 is 10.9 Å². The lowest BCUT2D eigenvalue weighted by molar-refractivity contribution is -1.10. The summed E-state index contributed by atoms with van der Waals surface area (Å²) in [6.07, 6.45) is 0. The van der Waals surface area contributed by atoms with Crippen molar-refractivity contribution < 1.29 is 15.0 Å². The zero-order chi connectivity index (χ0) is 10.7. The maximum absolute atomic E-state index is 11.2. The monoisotopic (exact) mass is 192 g/mol. The highest BCUT2D eigenvalue weighted by molar-refractivity contribution is 4.55. The van der Waals surface area contributed by atoms with E-state index in [-0.39, 0.29) is 10.8 Å². The van der Waals surface area contributed by atoms with Gasteiger partial charge in [-0.15, -0.1) is 0 Å². The quantitative estimate of drug-likeness (QED) is 0.633. The normalized spacial score (nSPS) is 15.9. The minimum Gasteiger partial charge on any atom is -0.598 e. The molecule has 0 amide bonds. The van der Waals surface area contributed by atoms with Crippen LogP contribution in [0.5, 0.6) is 0 Å². The molecule has 0 aromatic heterocycles. The molecule has 0 heterocycles. The SMILES string of the molecule is CC(C)(C)ONO[NH+]([O-])C(C)(C)C. The molecule has 0 aromatic rings. The highest BCUT2D eigenvalue weighted by Crippen LogP contribution is 2.02. The van der Waals surface area contributed by atoms with Gasteiger partial charge >= 0.3 is 0 Å². The van der Waals surface area contributed by atoms with Crippen molar-refractivity contribution in [3.05, 3.63) is 5.21 Å². The van der Waals surface area contributed by atoms with E-state index < -0.39 is 5.54 Å². The molecule has 0 saturated carbocycles. The third-order valence-corrected chi connectivity index (χ3v) is 1.09. The molecule has 0 fully saturated rings. The van der Waals surface area contributed by atoms with Gasteiger partial charge in [0.2, 0.25) is 0 Å². The van der Waals surface area contributed by atoms with Gasteiger partial charge in [0, 0.05) is 0 Å². The third kappa shape index (κ3) is 6.92. The minimum absolute atomic E-state index is 0.350. The third-order valence-electron chi connectivity index (χ3n) is 1.09. The van der Waals surface area contributed by atoms with E-state index in [2.05, 4.69) is 10.6 Å². The smallest absolute Gasteiger partial charge is 0.120 e. The van der Waals surface area contributed by atoms with E-state index in [0.29, 0.717) is 0 Å². The van der Waals surface area contributed by atoms with Gasteiger partial charge in [-0.25, -0.2) is 0 Å². The van der Waals surface area contributed by atoms with Crippen LogP contribution >= 0.6 is 0 Å². The first-order chi connectivity index (χ1) is 5.63. The summed E-state index contributed by atoms with van der Waals surface area (Å²) in [6.45, 7) is 10.9. The summed E-state index contributed by atoms with van der Waals surface area (Å²) in [5.41, 5.74) is 1.29. The van der Waals surface area contributed by atoms with Crippen molar-refractivity contribution in [2.75, 3.05) is 0 Å². The fraction of sp³-hybridized carbons (Fsp3) is 1.00. The topological polar surface area (TPSA) is 58.0 Å². The van der Waals surface area contributed by atoms with Crippen LogP contribution in [-0.4, -0.2) is 11.1 Å². The molecule has 2 N–H and O–H groups in total. The molecule has 0 aliphatic carbocycles. The van der Waals surface area contributed by atoms with E-state index >= 15 is 0 Å². The van der Waals surface area contributed by atoms with Crippen molar-refractivity contribution in [1.82, 2.24) is 5.64 Å². The van der Waals surface area contributed by atoms with Gasteiger partial charge < -0.3 is 5.21 Å². The van der Waals surface area contributed by atoms with Gasteiger partial charge in [-0.3, -0.25) is 4.84 Å². The Morgan fingerprint density at radius 1 is 1.08 bits per heavy atom. The Balaban J connectivity index is 3.67. The summed E-state index contributed by atoms with van der Waals surface area (Å²) in [5, 5.41) is 10.8. The summed E-state index contributed by atoms with van der Waals surface area (Å²) in [6, 6.07) is 0. The summed E-state index contributed by atoms with van der Waals surface area (Å²) in [5.74, 6) is 0. The Hall–Kier alpha value is -0.200. The highest BCUT2D eigenvalue weighted by Gasteiger charge is 2.21. The van der Waals surface area contributed by atoms with Crippen LogP contribution in [0.2, 0.25) is 0 Å². The van der Waals surface area contributed by atoms with Gasteiger partial charge in [0.1, 0.15) is 5.54 Å². The second-order valence-electron chi connectivity index (χ2n) is 4.94. The van der Waals surface area contributed by atoms with Crippen molar-refractivity contribution in [2.24, 2.45) is 0 Å². The molecule has 0 saturated heterocycles. The molecule has 0 rings (SSSR count). The standard InChI is InChI=1S/C8H20N2O3/c1-7(2,3)10(11)13-9-12-8(4,5)6/h9-10H,1-6H3. The molecule has 80 valence electrons. The molecule has 5 heteroatoms. The molecule has 13 heavy (non-hydrogen) atoms. The van der Waals surface area contributed by atoms with Gasteiger partial charge in [-0.05, 0) is 47.2 Å². The Morgan fingerprint density at radius 2 is 1.54 bits per heavy atom. The molecule has 0 radical (unpaired) electrons. The zero-order valence-electron chi connectivity index (χ0n) is 9.22. The van der Waals surface area contributed by atoms with E-state index in [1.165, 1.54) is 0 Å².